The fourth-order valence-corrected chi connectivity index (χ4v) is 4.86. The summed E-state index contributed by atoms with van der Waals surface area (Å²) in [6.07, 6.45) is 8.98. The van der Waals surface area contributed by atoms with Gasteiger partial charge in [-0.3, -0.25) is 4.99 Å². The summed E-state index contributed by atoms with van der Waals surface area (Å²) in [5.41, 5.74) is 2.02. The maximum atomic E-state index is 11.3. The third-order valence-corrected chi connectivity index (χ3v) is 6.95. The van der Waals surface area contributed by atoms with Crippen LogP contribution in [0.15, 0.2) is 55.7 Å². The van der Waals surface area contributed by atoms with Crippen molar-refractivity contribution in [2.24, 2.45) is 32.8 Å². The van der Waals surface area contributed by atoms with E-state index < -0.39 is 12.1 Å². The highest BCUT2D eigenvalue weighted by molar-refractivity contribution is 6.35. The van der Waals surface area contributed by atoms with E-state index in [2.05, 4.69) is 75.7 Å². The van der Waals surface area contributed by atoms with Gasteiger partial charge in [-0.25, -0.2) is 0 Å². The molecular formula is C26H39Cl2N3O2. The zero-order valence-electron chi connectivity index (χ0n) is 21.0. The van der Waals surface area contributed by atoms with Gasteiger partial charge in [0.25, 0.3) is 0 Å². The van der Waals surface area contributed by atoms with Crippen molar-refractivity contribution in [3.8, 4) is 0 Å². The van der Waals surface area contributed by atoms with E-state index in [-0.39, 0.29) is 22.7 Å². The van der Waals surface area contributed by atoms with Crippen LogP contribution in [0.3, 0.4) is 0 Å². The molecular weight excluding hydrogens is 457 g/mol. The Kier molecular flexibility index (Phi) is 9.70. The van der Waals surface area contributed by atoms with Gasteiger partial charge in [0.2, 0.25) is 0 Å². The number of aliphatic imine (C=N–C) groups is 1. The zero-order chi connectivity index (χ0) is 25.0. The van der Waals surface area contributed by atoms with E-state index in [9.17, 15) is 10.0 Å². The normalized spacial score (nSPS) is 26.8. The van der Waals surface area contributed by atoms with Crippen LogP contribution in [0.1, 0.15) is 48.5 Å². The van der Waals surface area contributed by atoms with Crippen LogP contribution in [0.2, 0.25) is 0 Å². The van der Waals surface area contributed by atoms with Gasteiger partial charge in [0.05, 0.1) is 12.6 Å². The van der Waals surface area contributed by atoms with Gasteiger partial charge in [0, 0.05) is 41.2 Å². The first-order chi connectivity index (χ1) is 15.3. The summed E-state index contributed by atoms with van der Waals surface area (Å²) in [7, 11) is 0. The first-order valence-corrected chi connectivity index (χ1v) is 12.4. The zero-order valence-corrected chi connectivity index (χ0v) is 22.5. The van der Waals surface area contributed by atoms with Gasteiger partial charge in [-0.2, -0.15) is 4.91 Å². The predicted octanol–water partition coefficient (Wildman–Crippen LogP) is 6.33. The van der Waals surface area contributed by atoms with E-state index in [0.29, 0.717) is 23.2 Å². The average Bonchev–Trinajstić information content (AvgIpc) is 2.69. The van der Waals surface area contributed by atoms with Gasteiger partial charge < -0.3 is 10.0 Å². The summed E-state index contributed by atoms with van der Waals surface area (Å²) < 4.78 is 0. The van der Waals surface area contributed by atoms with Crippen LogP contribution in [0.4, 0.5) is 0 Å². The molecule has 0 bridgehead atoms. The van der Waals surface area contributed by atoms with Gasteiger partial charge >= 0.3 is 0 Å². The molecule has 0 heterocycles. The SMILES string of the molecule is CCN(CC/N=C/C1=CC(C(C)(C)C)=CC(C(C)(C)C)C1O)CC1C=C(Cl)C=C(Cl)C1N=O. The molecule has 2 rings (SSSR count). The molecule has 0 aliphatic heterocycles. The van der Waals surface area contributed by atoms with Crippen molar-refractivity contribution in [1.29, 1.82) is 0 Å². The number of aliphatic hydroxyl groups is 1. The molecule has 2 aliphatic rings. The second-order valence-corrected chi connectivity index (χ2v) is 11.9. The molecule has 1 N–H and O–H groups in total. The van der Waals surface area contributed by atoms with Crippen LogP contribution in [-0.4, -0.2) is 54.5 Å². The van der Waals surface area contributed by atoms with Crippen LogP contribution in [0, 0.1) is 27.6 Å². The molecule has 7 heteroatoms. The lowest BCUT2D eigenvalue weighted by molar-refractivity contribution is 0.100. The van der Waals surface area contributed by atoms with E-state index in [1.54, 1.807) is 6.08 Å². The molecule has 2 aliphatic carbocycles. The van der Waals surface area contributed by atoms with Crippen molar-refractivity contribution in [3.63, 3.8) is 0 Å². The summed E-state index contributed by atoms with van der Waals surface area (Å²) >= 11 is 12.3. The first-order valence-electron chi connectivity index (χ1n) is 11.7. The summed E-state index contributed by atoms with van der Waals surface area (Å²) in [4.78, 5) is 18.1. The maximum absolute atomic E-state index is 11.3. The number of likely N-dealkylation sites (N-methyl/N-ethyl adjacent to an activating group) is 1. The molecule has 0 aromatic rings. The van der Waals surface area contributed by atoms with Crippen LogP contribution >= 0.6 is 23.2 Å². The minimum absolute atomic E-state index is 0.00456. The molecule has 0 saturated carbocycles. The second-order valence-electron chi connectivity index (χ2n) is 11.1. The van der Waals surface area contributed by atoms with Crippen LogP contribution < -0.4 is 0 Å². The van der Waals surface area contributed by atoms with Gasteiger partial charge in [-0.05, 0) is 34.6 Å². The van der Waals surface area contributed by atoms with Crippen molar-refractivity contribution in [1.82, 2.24) is 4.90 Å². The number of nitrogens with zero attached hydrogens (tertiary/aromatic N) is 3. The van der Waals surface area contributed by atoms with Crippen molar-refractivity contribution >= 4 is 29.4 Å². The Morgan fingerprint density at radius 1 is 1.12 bits per heavy atom. The standard InChI is InChI=1S/C26H39Cl2N3O2/c1-8-31(16-18-12-20(27)14-22(28)23(18)30-33)10-9-29-15-17-11-19(25(2,3)4)13-21(24(17)32)26(5,6)7/h11-15,18,21,23-24,32H,8-10,16H2,1-7H3/b29-15+. The van der Waals surface area contributed by atoms with E-state index in [0.717, 1.165) is 18.7 Å². The lowest BCUT2D eigenvalue weighted by atomic mass is 9.69. The second kappa shape index (κ2) is 11.4. The van der Waals surface area contributed by atoms with Gasteiger partial charge in [0.1, 0.15) is 6.04 Å². The first kappa shape index (κ1) is 28.0. The van der Waals surface area contributed by atoms with Gasteiger partial charge in [-0.15, -0.1) is 0 Å². The van der Waals surface area contributed by atoms with Crippen molar-refractivity contribution in [3.05, 3.63) is 50.4 Å². The Bertz CT molecular complexity index is 860. The van der Waals surface area contributed by atoms with Crippen molar-refractivity contribution < 1.29 is 5.11 Å². The Hall–Kier alpha value is -1.27. The van der Waals surface area contributed by atoms with Crippen molar-refractivity contribution in [2.45, 2.75) is 60.6 Å². The van der Waals surface area contributed by atoms with E-state index >= 15 is 0 Å². The highest BCUT2D eigenvalue weighted by Crippen LogP contribution is 2.40. The molecule has 0 radical (unpaired) electrons. The highest BCUT2D eigenvalue weighted by atomic mass is 35.5. The Labute approximate surface area is 209 Å². The average molecular weight is 497 g/mol. The Morgan fingerprint density at radius 2 is 1.79 bits per heavy atom. The fraction of sp³-hybridized carbons (Fsp3) is 0.654. The Balaban J connectivity index is 2.07. The number of aliphatic hydroxyl groups excluding tert-OH is 1. The molecule has 0 fully saturated rings. The topological polar surface area (TPSA) is 65.3 Å². The van der Waals surface area contributed by atoms with E-state index in [1.165, 1.54) is 5.57 Å². The smallest absolute Gasteiger partial charge is 0.135 e. The molecule has 0 spiro atoms. The molecule has 5 nitrogen and oxygen atoms in total. The summed E-state index contributed by atoms with van der Waals surface area (Å²) in [6.45, 7) is 17.8. The molecule has 0 saturated heterocycles. The number of hydrogen-bond donors (Lipinski definition) is 1. The minimum Gasteiger partial charge on any atom is -0.388 e. The molecule has 4 atom stereocenters. The van der Waals surface area contributed by atoms with E-state index in [4.69, 9.17) is 23.2 Å². The lowest BCUT2D eigenvalue weighted by Crippen LogP contribution is -2.36. The van der Waals surface area contributed by atoms with Crippen LogP contribution in [-0.2, 0) is 0 Å². The third-order valence-electron chi connectivity index (χ3n) is 6.38. The Morgan fingerprint density at radius 3 is 2.33 bits per heavy atom. The summed E-state index contributed by atoms with van der Waals surface area (Å²) in [5, 5.41) is 15.2. The number of hydrogen-bond acceptors (Lipinski definition) is 5. The maximum Gasteiger partial charge on any atom is 0.135 e. The van der Waals surface area contributed by atoms with Gasteiger partial charge in [-0.1, -0.05) is 95.1 Å². The minimum atomic E-state index is -0.605. The molecule has 0 amide bonds. The number of rotatable bonds is 8. The van der Waals surface area contributed by atoms with Gasteiger partial charge in [0.15, 0.2) is 0 Å². The largest absolute Gasteiger partial charge is 0.388 e. The summed E-state index contributed by atoms with van der Waals surface area (Å²) in [5.74, 6) is -0.134. The molecule has 0 aromatic heterocycles. The number of nitroso groups, excluding NO2 is 1. The summed E-state index contributed by atoms with van der Waals surface area (Å²) in [6, 6.07) is -0.605. The van der Waals surface area contributed by atoms with Crippen molar-refractivity contribution in [2.75, 3.05) is 26.2 Å². The van der Waals surface area contributed by atoms with Crippen LogP contribution in [0.5, 0.6) is 0 Å². The lowest BCUT2D eigenvalue weighted by Gasteiger charge is -2.38. The van der Waals surface area contributed by atoms with Crippen LogP contribution in [0.25, 0.3) is 0 Å². The highest BCUT2D eigenvalue weighted by Gasteiger charge is 2.35. The molecule has 184 valence electrons. The molecule has 0 aromatic carbocycles. The number of halogens is 2. The van der Waals surface area contributed by atoms with E-state index in [1.807, 2.05) is 12.3 Å². The quantitative estimate of drug-likeness (QED) is 0.316. The molecule has 4 unspecified atom stereocenters. The number of allylic oxidation sites excluding steroid dienone is 4. The molecule has 33 heavy (non-hydrogen) atoms. The predicted molar refractivity (Wildman–Crippen MR) is 141 cm³/mol. The fourth-order valence-electron chi connectivity index (χ4n) is 4.20. The third kappa shape index (κ3) is 7.61. The monoisotopic (exact) mass is 495 g/mol.